The van der Waals surface area contributed by atoms with Gasteiger partial charge in [0.05, 0.1) is 128 Å². The van der Waals surface area contributed by atoms with Crippen LogP contribution in [0.4, 0.5) is 29.1 Å². The summed E-state index contributed by atoms with van der Waals surface area (Å²) in [6.45, 7) is 28.8. The molecule has 0 saturated carbocycles. The van der Waals surface area contributed by atoms with Crippen molar-refractivity contribution in [1.29, 1.82) is 0 Å². The summed E-state index contributed by atoms with van der Waals surface area (Å²) < 4.78 is 47.0. The number of hydrogen-bond acceptors (Lipinski definition) is 30. The minimum Gasteiger partial charge on any atom is -0.497 e. The number of halogens is 1. The van der Waals surface area contributed by atoms with Crippen LogP contribution in [0.5, 0.6) is 23.0 Å². The van der Waals surface area contributed by atoms with Crippen LogP contribution in [-0.2, 0) is 46.9 Å². The number of fused-ring (bicyclic) bond motifs is 5. The van der Waals surface area contributed by atoms with Crippen molar-refractivity contribution in [1.82, 2.24) is 104 Å². The fraction of sp³-hybridized carbons (Fsp3) is 0.357. The van der Waals surface area contributed by atoms with Crippen molar-refractivity contribution in [3.8, 4) is 57.2 Å². The smallest absolute Gasteiger partial charge is 0.137 e. The summed E-state index contributed by atoms with van der Waals surface area (Å²) in [4.78, 5) is 70.6. The molecule has 36 heteroatoms. The minimum atomic E-state index is -2.42. The predicted molar refractivity (Wildman–Crippen MR) is 588 cm³/mol. The number of nitrogens with zero attached hydrogens (tertiary/aromatic N) is 22. The van der Waals surface area contributed by atoms with Crippen molar-refractivity contribution in [2.75, 3.05) is 94.7 Å². The Morgan fingerprint density at radius 1 is 0.358 bits per heavy atom. The Morgan fingerprint density at radius 3 is 1.08 bits per heavy atom. The van der Waals surface area contributed by atoms with Crippen molar-refractivity contribution in [3.63, 3.8) is 0 Å². The van der Waals surface area contributed by atoms with E-state index in [1.807, 2.05) is 130 Å². The zero-order valence-corrected chi connectivity index (χ0v) is 90.7. The summed E-state index contributed by atoms with van der Waals surface area (Å²) in [6.07, 6.45) is 22.4. The Labute approximate surface area is 871 Å². The largest absolute Gasteiger partial charge is 0.497 e. The van der Waals surface area contributed by atoms with Crippen molar-refractivity contribution in [3.05, 3.63) is 275 Å². The van der Waals surface area contributed by atoms with Crippen molar-refractivity contribution < 1.29 is 33.2 Å². The first-order valence-corrected chi connectivity index (χ1v) is 60.8. The van der Waals surface area contributed by atoms with E-state index in [1.165, 1.54) is 32.1 Å². The molecule has 4 aliphatic rings. The van der Waals surface area contributed by atoms with Crippen LogP contribution in [0.3, 0.4) is 0 Å². The van der Waals surface area contributed by atoms with Gasteiger partial charge in [0.2, 0.25) is 0 Å². The number of aromatic nitrogens is 21. The number of pyridine rings is 5. The van der Waals surface area contributed by atoms with Gasteiger partial charge in [0.1, 0.15) is 88.1 Å². The Kier molecular flexibility index (Phi) is 34.6. The van der Waals surface area contributed by atoms with Gasteiger partial charge in [0.15, 0.2) is 0 Å². The van der Waals surface area contributed by atoms with Gasteiger partial charge >= 0.3 is 160 Å². The average Bonchev–Trinajstić information content (AvgIpc) is 1.62. The molecule has 17 aromatic rings. The van der Waals surface area contributed by atoms with Gasteiger partial charge in [-0.25, -0.2) is 59.8 Å². The molecule has 0 radical (unpaired) electrons. The molecule has 148 heavy (non-hydrogen) atoms. The molecule has 13 aromatic heterocycles. The van der Waals surface area contributed by atoms with Crippen LogP contribution >= 0.6 is 11.6 Å². The van der Waals surface area contributed by atoms with Gasteiger partial charge in [-0.3, -0.25) is 19.0 Å². The molecule has 0 unspecified atom stereocenters. The van der Waals surface area contributed by atoms with Gasteiger partial charge < -0.3 is 49.7 Å². The first-order chi connectivity index (χ1) is 71.8. The number of nitrogens with one attached hydrogen (secondary N) is 5. The van der Waals surface area contributed by atoms with Crippen molar-refractivity contribution in [2.24, 2.45) is 4.99 Å². The molecule has 0 spiro atoms. The number of ether oxygens (including phenoxy) is 7. The van der Waals surface area contributed by atoms with E-state index in [9.17, 15) is 0 Å². The molecule has 0 aliphatic carbocycles. The predicted octanol–water partition coefficient (Wildman–Crippen LogP) is 20.4. The number of aliphatic imine (C=N–C) groups is 1. The maximum absolute atomic E-state index is 6.11. The number of hydrogen-bond donors (Lipinski definition) is 5. The number of benzene rings is 4. The van der Waals surface area contributed by atoms with E-state index in [1.54, 1.807) is 59.7 Å². The molecule has 2 fully saturated rings. The van der Waals surface area contributed by atoms with Crippen LogP contribution in [0.25, 0.3) is 83.3 Å². The molecular formula is C112H130ClN27O7Sn. The van der Waals surface area contributed by atoms with Crippen LogP contribution in [0.1, 0.15) is 169 Å². The Bertz CT molecular complexity index is 7440. The minimum absolute atomic E-state index is 0.222. The van der Waals surface area contributed by atoms with E-state index in [0.717, 1.165) is 229 Å². The van der Waals surface area contributed by atoms with E-state index in [0.29, 0.717) is 79.9 Å². The standard InChI is InChI=1S/C26H30N6O2.C26H28N6O2.C21H21ClN6O.C19H23N5O.C17H19N4O.3CH3.Sn/c2*1-17(2)30-26-24-23(8-11-27-26)32(15-18-4-6-20(33-3)7-5-18)31-25(24)22-14-21(28-16-29-22)19-9-12-34-13-10-19;1-13(2)26-21-19-17(8-9-23-21)28(11-14-4-6-15(29-3)7-5-14)27-20(19)16-10-18(22)25-12-24-16;1-12(2)24-19-17-14(3-6-20-19)10-21-18(17)16-9-15(22-11-23-16)13-4-7-25-8-5-13;1-12(2)20-17-15-10-19-21(16(15)8-9-18-17)11-13-4-6-14(22-3)7-5-13;;;;/h4-8,11,14,16-17,19H,9-10,12-13,15H2,1-3H3,(H,27,30);4-9,11,14,16-17H,10,12-13,15H2,1-3H3,(H,27,30);4-10,12-13H,11H2,1-3H3,(H,23,26);3,6,9,11-13H,4-5,7-8,10H2,1-2H3,(H,20,24);4-9,12H,11H2,1-3H3,(H,18,20);3*1H3;. The molecule has 5 N–H and O–H groups in total. The van der Waals surface area contributed by atoms with Crippen LogP contribution in [0.2, 0.25) is 20.0 Å². The Balaban J connectivity index is 0.000000127. The average molecular weight is 2120 g/mol. The topological polar surface area (TPSA) is 376 Å². The Hall–Kier alpha value is -14.6. The quantitative estimate of drug-likeness (QED) is 0.0206. The first kappa shape index (κ1) is 105. The summed E-state index contributed by atoms with van der Waals surface area (Å²) in [5.41, 5.74) is 21.6. The number of methoxy groups -OCH3 is 4. The van der Waals surface area contributed by atoms with E-state index in [2.05, 4.69) is 241 Å². The van der Waals surface area contributed by atoms with E-state index >= 15 is 0 Å². The van der Waals surface area contributed by atoms with Gasteiger partial charge in [-0.15, -0.1) is 0 Å². The molecule has 2 saturated heterocycles. The van der Waals surface area contributed by atoms with Crippen molar-refractivity contribution in [2.45, 2.75) is 191 Å². The zero-order valence-electron chi connectivity index (χ0n) is 87.1. The second-order valence-corrected chi connectivity index (χ2v) is 53.8. The summed E-state index contributed by atoms with van der Waals surface area (Å²) in [6, 6.07) is 51.6. The number of anilines is 5. The Morgan fingerprint density at radius 2 is 0.696 bits per heavy atom. The first-order valence-electron chi connectivity index (χ1n) is 50.5. The third-order valence-electron chi connectivity index (χ3n) is 25.4. The summed E-state index contributed by atoms with van der Waals surface area (Å²) in [7, 11) is 6.69. The molecule has 4 aliphatic heterocycles. The maximum atomic E-state index is 6.11. The fourth-order valence-electron chi connectivity index (χ4n) is 18.2. The molecular weight excluding hydrogens is 1990 g/mol. The molecule has 0 bridgehead atoms. The van der Waals surface area contributed by atoms with Crippen molar-refractivity contribution >= 4 is 118 Å². The van der Waals surface area contributed by atoms with Gasteiger partial charge in [0.25, 0.3) is 0 Å². The zero-order chi connectivity index (χ0) is 103. The molecule has 21 rings (SSSR count). The maximum Gasteiger partial charge on any atom is 0.137 e. The molecule has 4 aromatic carbocycles. The van der Waals surface area contributed by atoms with Crippen LogP contribution in [0, 0.1) is 0 Å². The van der Waals surface area contributed by atoms with Gasteiger partial charge in [0, 0.05) is 110 Å². The number of rotatable bonds is 30. The van der Waals surface area contributed by atoms with E-state index in [-0.39, 0.29) is 18.1 Å². The third kappa shape index (κ3) is 25.8. The SMILES string of the molecule is CC(C)Nc1nccc2c1C(c1cc(C3CCOCC3)ncn1)=NC2.COc1ccc(Cn2n[c]([Sn]([CH3])([CH3])[CH3])c3c(NC(C)C)nccc32)cc1.COc1ccc(Cn2nc(-c3cc(C4=CCOCC4)ncn3)c3c(NC(C)C)nccc32)cc1.COc1ccc(Cn2nc(-c3cc(C4CCOCC4)ncn3)c3c(NC(C)C)nccc32)cc1.COc1ccc(Cn2nc(-c3cc(Cl)ncn3)c3c(NC(C)C)nccc32)cc1. The summed E-state index contributed by atoms with van der Waals surface area (Å²) in [5.74, 6) is 8.42. The normalized spacial score (nSPS) is 13.8. The molecule has 0 atom stereocenters. The molecule has 766 valence electrons. The van der Waals surface area contributed by atoms with Crippen LogP contribution in [0.15, 0.2) is 219 Å². The molecule has 34 nitrogen and oxygen atoms in total. The van der Waals surface area contributed by atoms with Crippen LogP contribution < -0.4 is 49.2 Å². The van der Waals surface area contributed by atoms with E-state index in [4.69, 9.17) is 70.1 Å². The fourth-order valence-corrected chi connectivity index (χ4v) is 22.4. The summed E-state index contributed by atoms with van der Waals surface area (Å²) in [5, 5.41) is 41.7. The second-order valence-electron chi connectivity index (χ2n) is 39.2. The van der Waals surface area contributed by atoms with Gasteiger partial charge in [-0.05, 0) is 194 Å². The molecule has 17 heterocycles. The van der Waals surface area contributed by atoms with Gasteiger partial charge in [-0.1, -0.05) is 54.1 Å². The van der Waals surface area contributed by atoms with Crippen LogP contribution in [-0.4, -0.2) is 226 Å². The van der Waals surface area contributed by atoms with E-state index < -0.39 is 18.4 Å². The third-order valence-corrected chi connectivity index (χ3v) is 30.6. The monoisotopic (exact) mass is 2120 g/mol. The molecule has 0 amide bonds. The van der Waals surface area contributed by atoms with Gasteiger partial charge in [-0.2, -0.15) is 15.3 Å². The summed E-state index contributed by atoms with van der Waals surface area (Å²) >= 11 is 3.69. The second kappa shape index (κ2) is 48.8.